The molecule has 1 N–H and O–H groups in total. The van der Waals surface area contributed by atoms with Gasteiger partial charge >= 0.3 is 0 Å². The van der Waals surface area contributed by atoms with Gasteiger partial charge in [-0.1, -0.05) is 12.1 Å². The Balaban J connectivity index is 1.57. The van der Waals surface area contributed by atoms with Gasteiger partial charge in [0.2, 0.25) is 5.91 Å². The Kier molecular flexibility index (Phi) is 3.98. The Morgan fingerprint density at radius 2 is 2.00 bits per heavy atom. The first-order valence-electron chi connectivity index (χ1n) is 8.24. The van der Waals surface area contributed by atoms with Gasteiger partial charge in [0.1, 0.15) is 0 Å². The van der Waals surface area contributed by atoms with Crippen molar-refractivity contribution in [2.24, 2.45) is 0 Å². The van der Waals surface area contributed by atoms with Crippen molar-refractivity contribution in [2.45, 2.75) is 12.8 Å². The Hall–Kier alpha value is -3.08. The summed E-state index contributed by atoms with van der Waals surface area (Å²) in [6.45, 7) is 1.22. The number of carbonyl (C=O) groups excluding carboxylic acids is 2. The molecule has 1 amide bonds. The minimum atomic E-state index is -0.116. The minimum Gasteiger partial charge on any atom is -0.490 e. The second kappa shape index (κ2) is 6.43. The van der Waals surface area contributed by atoms with Crippen LogP contribution < -0.4 is 14.8 Å². The molecule has 0 atom stereocenters. The maximum atomic E-state index is 12.5. The number of fused-ring (bicyclic) bond motifs is 2. The lowest BCUT2D eigenvalue weighted by molar-refractivity contribution is -0.115. The topological polar surface area (TPSA) is 64.6 Å². The summed E-state index contributed by atoms with van der Waals surface area (Å²) >= 11 is 0. The molecule has 2 aliphatic rings. The van der Waals surface area contributed by atoms with Crippen molar-refractivity contribution >= 4 is 23.5 Å². The van der Waals surface area contributed by atoms with E-state index in [1.807, 2.05) is 18.2 Å². The third-order valence-corrected chi connectivity index (χ3v) is 4.23. The van der Waals surface area contributed by atoms with Crippen LogP contribution in [0.1, 0.15) is 27.9 Å². The van der Waals surface area contributed by atoms with E-state index < -0.39 is 0 Å². The first-order valence-corrected chi connectivity index (χ1v) is 8.24. The maximum Gasteiger partial charge on any atom is 0.228 e. The number of carbonyl (C=O) groups is 2. The van der Waals surface area contributed by atoms with Gasteiger partial charge in [0.05, 0.1) is 19.6 Å². The number of rotatable bonds is 3. The molecule has 0 aliphatic carbocycles. The van der Waals surface area contributed by atoms with Crippen LogP contribution in [0.15, 0.2) is 42.5 Å². The Morgan fingerprint density at radius 3 is 2.92 bits per heavy atom. The molecule has 0 saturated carbocycles. The van der Waals surface area contributed by atoms with Crippen LogP contribution in [-0.2, 0) is 11.2 Å². The lowest BCUT2D eigenvalue weighted by Crippen LogP contribution is -2.03. The van der Waals surface area contributed by atoms with E-state index in [4.69, 9.17) is 9.47 Å². The highest BCUT2D eigenvalue weighted by molar-refractivity contribution is 6.08. The zero-order valence-electron chi connectivity index (χ0n) is 13.6. The van der Waals surface area contributed by atoms with Gasteiger partial charge in [-0.05, 0) is 42.0 Å². The number of benzene rings is 2. The van der Waals surface area contributed by atoms with Gasteiger partial charge in [-0.15, -0.1) is 0 Å². The molecule has 2 aliphatic heterocycles. The molecular formula is C20H17NO4. The van der Waals surface area contributed by atoms with Crippen molar-refractivity contribution in [3.63, 3.8) is 0 Å². The van der Waals surface area contributed by atoms with Gasteiger partial charge in [0, 0.05) is 23.2 Å². The van der Waals surface area contributed by atoms with E-state index in [0.29, 0.717) is 36.7 Å². The van der Waals surface area contributed by atoms with E-state index in [1.54, 1.807) is 24.3 Å². The summed E-state index contributed by atoms with van der Waals surface area (Å²) in [4.78, 5) is 23.9. The summed E-state index contributed by atoms with van der Waals surface area (Å²) in [6.07, 6.45) is 4.42. The van der Waals surface area contributed by atoms with Crippen LogP contribution >= 0.6 is 0 Å². The second-order valence-electron chi connectivity index (χ2n) is 6.02. The molecule has 0 bridgehead atoms. The van der Waals surface area contributed by atoms with Gasteiger partial charge in [0.25, 0.3) is 0 Å². The molecule has 25 heavy (non-hydrogen) atoms. The smallest absolute Gasteiger partial charge is 0.228 e. The number of hydrogen-bond donors (Lipinski definition) is 1. The SMILES string of the molecule is O=C1Cc2cc(C(=O)/C=C/c3cccc4c3OCCCO4)ccc2N1. The summed E-state index contributed by atoms with van der Waals surface area (Å²) in [5.74, 6) is 1.22. The fraction of sp³-hybridized carbons (Fsp3) is 0.200. The van der Waals surface area contributed by atoms with Crippen molar-refractivity contribution in [1.82, 2.24) is 0 Å². The number of hydrogen-bond acceptors (Lipinski definition) is 4. The fourth-order valence-corrected chi connectivity index (χ4v) is 2.99. The van der Waals surface area contributed by atoms with E-state index >= 15 is 0 Å². The number of allylic oxidation sites excluding steroid dienone is 1. The summed E-state index contributed by atoms with van der Waals surface area (Å²) in [6, 6.07) is 10.9. The van der Waals surface area contributed by atoms with Gasteiger partial charge < -0.3 is 14.8 Å². The van der Waals surface area contributed by atoms with Crippen molar-refractivity contribution in [3.05, 3.63) is 59.2 Å². The van der Waals surface area contributed by atoms with Crippen LogP contribution in [0.4, 0.5) is 5.69 Å². The van der Waals surface area contributed by atoms with E-state index in [-0.39, 0.29) is 11.7 Å². The number of anilines is 1. The lowest BCUT2D eigenvalue weighted by Gasteiger charge is -2.09. The van der Waals surface area contributed by atoms with Crippen molar-refractivity contribution in [1.29, 1.82) is 0 Å². The Labute approximate surface area is 145 Å². The molecule has 2 aromatic carbocycles. The molecule has 0 spiro atoms. The molecule has 5 nitrogen and oxygen atoms in total. The number of nitrogens with one attached hydrogen (secondary N) is 1. The molecule has 126 valence electrons. The number of ketones is 1. The lowest BCUT2D eigenvalue weighted by atomic mass is 10.0. The molecule has 4 rings (SSSR count). The van der Waals surface area contributed by atoms with E-state index in [0.717, 1.165) is 23.2 Å². The van der Waals surface area contributed by atoms with E-state index in [9.17, 15) is 9.59 Å². The fourth-order valence-electron chi connectivity index (χ4n) is 2.99. The zero-order valence-corrected chi connectivity index (χ0v) is 13.6. The average Bonchev–Trinajstić information content (AvgIpc) is 2.82. The summed E-state index contributed by atoms with van der Waals surface area (Å²) in [5, 5.41) is 2.76. The highest BCUT2D eigenvalue weighted by atomic mass is 16.5. The van der Waals surface area contributed by atoms with E-state index in [2.05, 4.69) is 5.32 Å². The summed E-state index contributed by atoms with van der Waals surface area (Å²) < 4.78 is 11.4. The molecule has 5 heteroatoms. The minimum absolute atomic E-state index is 0.0423. The highest BCUT2D eigenvalue weighted by Gasteiger charge is 2.18. The third-order valence-electron chi connectivity index (χ3n) is 4.23. The van der Waals surface area contributed by atoms with Crippen LogP contribution in [0, 0.1) is 0 Å². The van der Waals surface area contributed by atoms with Crippen LogP contribution in [0.2, 0.25) is 0 Å². The second-order valence-corrected chi connectivity index (χ2v) is 6.02. The Morgan fingerprint density at radius 1 is 1.12 bits per heavy atom. The largest absolute Gasteiger partial charge is 0.490 e. The van der Waals surface area contributed by atoms with Crippen LogP contribution in [-0.4, -0.2) is 24.9 Å². The normalized spacial score (nSPS) is 15.6. The predicted molar refractivity (Wildman–Crippen MR) is 94.2 cm³/mol. The van der Waals surface area contributed by atoms with Crippen molar-refractivity contribution < 1.29 is 19.1 Å². The molecule has 2 heterocycles. The van der Waals surface area contributed by atoms with Gasteiger partial charge in [-0.25, -0.2) is 0 Å². The summed E-state index contributed by atoms with van der Waals surface area (Å²) in [7, 11) is 0. The monoisotopic (exact) mass is 335 g/mol. The maximum absolute atomic E-state index is 12.5. The number of ether oxygens (including phenoxy) is 2. The quantitative estimate of drug-likeness (QED) is 0.691. The molecule has 0 radical (unpaired) electrons. The predicted octanol–water partition coefficient (Wildman–Crippen LogP) is 3.24. The highest BCUT2D eigenvalue weighted by Crippen LogP contribution is 2.34. The first kappa shape index (κ1) is 15.4. The van der Waals surface area contributed by atoms with Gasteiger partial charge in [0.15, 0.2) is 17.3 Å². The molecule has 0 saturated heterocycles. The number of amides is 1. The van der Waals surface area contributed by atoms with E-state index in [1.165, 1.54) is 6.08 Å². The number of para-hydroxylation sites is 1. The molecular weight excluding hydrogens is 318 g/mol. The molecule has 0 aromatic heterocycles. The zero-order chi connectivity index (χ0) is 17.2. The van der Waals surface area contributed by atoms with Crippen LogP contribution in [0.5, 0.6) is 11.5 Å². The molecule has 0 unspecified atom stereocenters. The van der Waals surface area contributed by atoms with Gasteiger partial charge in [-0.3, -0.25) is 9.59 Å². The standard InChI is InChI=1S/C20H17NO4/c22-17(14-5-7-16-15(11-14)12-19(23)21-16)8-6-13-3-1-4-18-20(13)25-10-2-9-24-18/h1,3-8,11H,2,9-10,12H2,(H,21,23)/b8-6+. The third kappa shape index (κ3) is 3.13. The average molecular weight is 335 g/mol. The van der Waals surface area contributed by atoms with Crippen LogP contribution in [0.25, 0.3) is 6.08 Å². The van der Waals surface area contributed by atoms with Crippen LogP contribution in [0.3, 0.4) is 0 Å². The van der Waals surface area contributed by atoms with Crippen molar-refractivity contribution in [2.75, 3.05) is 18.5 Å². The van der Waals surface area contributed by atoms with Gasteiger partial charge in [-0.2, -0.15) is 0 Å². The molecule has 2 aromatic rings. The van der Waals surface area contributed by atoms with Crippen molar-refractivity contribution in [3.8, 4) is 11.5 Å². The molecule has 0 fully saturated rings. The summed E-state index contributed by atoms with van der Waals surface area (Å²) in [5.41, 5.74) is 3.01. The Bertz CT molecular complexity index is 885. The first-order chi connectivity index (χ1) is 12.2.